The Kier molecular flexibility index (Phi) is 8.12. The van der Waals surface area contributed by atoms with Gasteiger partial charge in [0.2, 0.25) is 5.91 Å². The zero-order valence-corrected chi connectivity index (χ0v) is 16.6. The van der Waals surface area contributed by atoms with Crippen LogP contribution >= 0.6 is 11.6 Å². The number of carbonyl (C=O) groups excluding carboxylic acids is 3. The van der Waals surface area contributed by atoms with Gasteiger partial charge in [-0.3, -0.25) is 24.5 Å². The summed E-state index contributed by atoms with van der Waals surface area (Å²) in [6, 6.07) is 10.5. The number of ether oxygens (including phenoxy) is 2. The second-order valence-electron chi connectivity index (χ2n) is 5.88. The van der Waals surface area contributed by atoms with Crippen molar-refractivity contribution in [1.82, 2.24) is 0 Å². The summed E-state index contributed by atoms with van der Waals surface area (Å²) < 4.78 is 9.77. The van der Waals surface area contributed by atoms with Gasteiger partial charge in [0.1, 0.15) is 11.4 Å². The Hall–Kier alpha value is -3.66. The minimum absolute atomic E-state index is 0.0977. The molecule has 0 unspecified atom stereocenters. The maximum atomic E-state index is 12.0. The van der Waals surface area contributed by atoms with Crippen LogP contribution < -0.4 is 15.4 Å². The van der Waals surface area contributed by atoms with Crippen molar-refractivity contribution in [3.63, 3.8) is 0 Å². The number of hydrogen-bond donors (Lipinski definition) is 2. The maximum absolute atomic E-state index is 12.0. The lowest BCUT2D eigenvalue weighted by molar-refractivity contribution is -0.383. The monoisotopic (exact) mass is 435 g/mol. The van der Waals surface area contributed by atoms with Gasteiger partial charge < -0.3 is 20.1 Å². The fourth-order valence-corrected chi connectivity index (χ4v) is 2.48. The Morgan fingerprint density at radius 1 is 1.03 bits per heavy atom. The van der Waals surface area contributed by atoms with Crippen LogP contribution in [0, 0.1) is 10.1 Å². The van der Waals surface area contributed by atoms with E-state index in [9.17, 15) is 24.5 Å². The van der Waals surface area contributed by atoms with E-state index < -0.39 is 29.3 Å². The van der Waals surface area contributed by atoms with Crippen LogP contribution in [0.25, 0.3) is 0 Å². The maximum Gasteiger partial charge on any atom is 0.306 e. The molecule has 0 aliphatic heterocycles. The zero-order valence-electron chi connectivity index (χ0n) is 15.8. The van der Waals surface area contributed by atoms with Crippen molar-refractivity contribution in [3.05, 3.63) is 57.6 Å². The van der Waals surface area contributed by atoms with E-state index in [0.29, 0.717) is 16.5 Å². The molecule has 0 heterocycles. The van der Waals surface area contributed by atoms with E-state index in [-0.39, 0.29) is 24.2 Å². The third-order valence-electron chi connectivity index (χ3n) is 3.74. The van der Waals surface area contributed by atoms with Gasteiger partial charge in [0.25, 0.3) is 11.6 Å². The molecule has 0 aliphatic rings. The molecule has 30 heavy (non-hydrogen) atoms. The van der Waals surface area contributed by atoms with Crippen LogP contribution in [0.3, 0.4) is 0 Å². The summed E-state index contributed by atoms with van der Waals surface area (Å²) in [5, 5.41) is 16.3. The number of esters is 1. The van der Waals surface area contributed by atoms with Crippen LogP contribution in [0.4, 0.5) is 17.1 Å². The topological polar surface area (TPSA) is 137 Å². The second-order valence-corrected chi connectivity index (χ2v) is 6.28. The minimum Gasteiger partial charge on any atom is -0.497 e. The standard InChI is InChI=1S/C19H18ClN3O7/c1-29-12-6-7-16(23(27)28)15(10-12)22-18(25)11-30-19(26)9-8-17(24)21-14-5-3-2-4-13(14)20/h2-7,10H,8-9,11H2,1H3,(H,21,24)(H,22,25). The molecule has 2 rings (SSSR count). The molecule has 158 valence electrons. The molecule has 0 aliphatic carbocycles. The number of rotatable bonds is 9. The van der Waals surface area contributed by atoms with Crippen molar-refractivity contribution in [1.29, 1.82) is 0 Å². The first-order valence-corrected chi connectivity index (χ1v) is 9.00. The normalized spacial score (nSPS) is 10.1. The number of nitrogens with zero attached hydrogens (tertiary/aromatic N) is 1. The molecule has 10 nitrogen and oxygen atoms in total. The number of carbonyl (C=O) groups is 3. The Morgan fingerprint density at radius 3 is 2.40 bits per heavy atom. The van der Waals surface area contributed by atoms with Crippen molar-refractivity contribution in [2.24, 2.45) is 0 Å². The van der Waals surface area contributed by atoms with Gasteiger partial charge in [-0.1, -0.05) is 23.7 Å². The van der Waals surface area contributed by atoms with Crippen LogP contribution in [0.5, 0.6) is 5.75 Å². The summed E-state index contributed by atoms with van der Waals surface area (Å²) in [7, 11) is 1.37. The average molecular weight is 436 g/mol. The van der Waals surface area contributed by atoms with Crippen LogP contribution in [0.2, 0.25) is 5.02 Å². The molecule has 2 N–H and O–H groups in total. The lowest BCUT2D eigenvalue weighted by Gasteiger charge is -2.09. The van der Waals surface area contributed by atoms with Gasteiger partial charge in [0.15, 0.2) is 6.61 Å². The molecular formula is C19H18ClN3O7. The third-order valence-corrected chi connectivity index (χ3v) is 4.07. The number of methoxy groups -OCH3 is 1. The predicted molar refractivity (Wildman–Crippen MR) is 109 cm³/mol. The number of benzene rings is 2. The van der Waals surface area contributed by atoms with Crippen molar-refractivity contribution >= 4 is 46.4 Å². The Bertz CT molecular complexity index is 965. The first kappa shape index (κ1) is 22.6. The molecule has 0 atom stereocenters. The lowest BCUT2D eigenvalue weighted by atomic mass is 10.2. The molecule has 11 heteroatoms. The van der Waals surface area contributed by atoms with Gasteiger partial charge in [-0.25, -0.2) is 0 Å². The van der Waals surface area contributed by atoms with E-state index in [2.05, 4.69) is 10.6 Å². The summed E-state index contributed by atoms with van der Waals surface area (Å²) >= 11 is 5.93. The highest BCUT2D eigenvalue weighted by molar-refractivity contribution is 6.33. The Morgan fingerprint density at radius 2 is 1.73 bits per heavy atom. The van der Waals surface area contributed by atoms with E-state index in [4.69, 9.17) is 21.1 Å². The fraction of sp³-hybridized carbons (Fsp3) is 0.211. The molecule has 0 aromatic heterocycles. The Balaban J connectivity index is 1.81. The second kappa shape index (κ2) is 10.8. The van der Waals surface area contributed by atoms with Gasteiger partial charge >= 0.3 is 5.97 Å². The van der Waals surface area contributed by atoms with Crippen LogP contribution in [-0.4, -0.2) is 36.4 Å². The van der Waals surface area contributed by atoms with Gasteiger partial charge in [-0.05, 0) is 18.2 Å². The first-order valence-electron chi connectivity index (χ1n) is 8.62. The highest BCUT2D eigenvalue weighted by Crippen LogP contribution is 2.28. The van der Waals surface area contributed by atoms with Crippen LogP contribution in [0.1, 0.15) is 12.8 Å². The number of halogens is 1. The number of anilines is 2. The van der Waals surface area contributed by atoms with Gasteiger partial charge in [0.05, 0.1) is 29.2 Å². The molecule has 0 bridgehead atoms. The van der Waals surface area contributed by atoms with Crippen LogP contribution in [0.15, 0.2) is 42.5 Å². The fourth-order valence-electron chi connectivity index (χ4n) is 2.30. The van der Waals surface area contributed by atoms with Crippen molar-refractivity contribution in [3.8, 4) is 5.75 Å². The average Bonchev–Trinajstić information content (AvgIpc) is 2.72. The molecule has 0 saturated carbocycles. The molecular weight excluding hydrogens is 418 g/mol. The molecule has 2 amide bonds. The van der Waals surface area contributed by atoms with Gasteiger partial charge in [-0.2, -0.15) is 0 Å². The summed E-state index contributed by atoms with van der Waals surface area (Å²) in [4.78, 5) is 46.0. The number of para-hydroxylation sites is 1. The molecule has 0 fully saturated rings. The van der Waals surface area contributed by atoms with E-state index in [0.717, 1.165) is 0 Å². The molecule has 0 radical (unpaired) electrons. The van der Waals surface area contributed by atoms with E-state index >= 15 is 0 Å². The summed E-state index contributed by atoms with van der Waals surface area (Å²) in [5.41, 5.74) is -0.0250. The summed E-state index contributed by atoms with van der Waals surface area (Å²) in [6.45, 7) is -0.667. The van der Waals surface area contributed by atoms with Crippen LogP contribution in [-0.2, 0) is 19.1 Å². The summed E-state index contributed by atoms with van der Waals surface area (Å²) in [6.07, 6.45) is -0.435. The van der Waals surface area contributed by atoms with Gasteiger partial charge in [-0.15, -0.1) is 0 Å². The van der Waals surface area contributed by atoms with E-state index in [1.165, 1.54) is 25.3 Å². The smallest absolute Gasteiger partial charge is 0.306 e. The summed E-state index contributed by atoms with van der Waals surface area (Å²) in [5.74, 6) is -1.70. The molecule has 2 aromatic carbocycles. The van der Waals surface area contributed by atoms with E-state index in [1.807, 2.05) is 0 Å². The number of nitro benzene ring substituents is 1. The van der Waals surface area contributed by atoms with Gasteiger partial charge in [0, 0.05) is 18.6 Å². The molecule has 2 aromatic rings. The Labute approximate surface area is 176 Å². The first-order chi connectivity index (χ1) is 14.3. The minimum atomic E-state index is -0.778. The number of amides is 2. The van der Waals surface area contributed by atoms with Crippen molar-refractivity contribution in [2.45, 2.75) is 12.8 Å². The number of nitro groups is 1. The lowest BCUT2D eigenvalue weighted by Crippen LogP contribution is -2.22. The molecule has 0 saturated heterocycles. The third kappa shape index (κ3) is 6.74. The SMILES string of the molecule is COc1ccc([N+](=O)[O-])c(NC(=O)COC(=O)CCC(=O)Nc2ccccc2Cl)c1. The van der Waals surface area contributed by atoms with E-state index in [1.54, 1.807) is 24.3 Å². The largest absolute Gasteiger partial charge is 0.497 e. The predicted octanol–water partition coefficient (Wildman–Crippen LogP) is 3.16. The molecule has 0 spiro atoms. The highest BCUT2D eigenvalue weighted by atomic mass is 35.5. The quantitative estimate of drug-likeness (QED) is 0.350. The number of hydrogen-bond acceptors (Lipinski definition) is 7. The number of nitrogens with one attached hydrogen (secondary N) is 2. The van der Waals surface area contributed by atoms with Crippen molar-refractivity contribution in [2.75, 3.05) is 24.4 Å². The highest BCUT2D eigenvalue weighted by Gasteiger charge is 2.18. The van der Waals surface area contributed by atoms with Crippen molar-refractivity contribution < 1.29 is 28.8 Å². The zero-order chi connectivity index (χ0) is 22.1.